The molecule has 7 heteroatoms. The van der Waals surface area contributed by atoms with Gasteiger partial charge in [0.15, 0.2) is 0 Å². The summed E-state index contributed by atoms with van der Waals surface area (Å²) < 4.78 is 4.83. The number of fused-ring (bicyclic) bond motifs is 1. The van der Waals surface area contributed by atoms with Gasteiger partial charge in [-0.05, 0) is 26.1 Å². The topological polar surface area (TPSA) is 87.1 Å². The lowest BCUT2D eigenvalue weighted by Gasteiger charge is -2.21. The number of hydrogen-bond donors (Lipinski definition) is 2. The Morgan fingerprint density at radius 3 is 2.95 bits per heavy atom. The molecule has 3 rings (SSSR count). The number of anilines is 1. The van der Waals surface area contributed by atoms with Gasteiger partial charge in [0.05, 0.1) is 23.6 Å². The van der Waals surface area contributed by atoms with Crippen LogP contribution in [0.2, 0.25) is 0 Å². The van der Waals surface area contributed by atoms with E-state index >= 15 is 0 Å². The lowest BCUT2D eigenvalue weighted by atomic mass is 10.2. The summed E-state index contributed by atoms with van der Waals surface area (Å²) in [5.74, 6) is 0.311. The van der Waals surface area contributed by atoms with Crippen LogP contribution in [0.15, 0.2) is 41.1 Å². The van der Waals surface area contributed by atoms with Crippen molar-refractivity contribution >= 4 is 22.9 Å². The second-order valence-corrected chi connectivity index (χ2v) is 5.17. The number of carbonyl (C=O) groups excluding carboxylic acids is 1. The van der Waals surface area contributed by atoms with Gasteiger partial charge < -0.3 is 9.51 Å². The van der Waals surface area contributed by atoms with E-state index in [2.05, 4.69) is 20.4 Å². The zero-order valence-corrected chi connectivity index (χ0v) is 12.4. The number of H-pyrrole nitrogens is 1. The van der Waals surface area contributed by atoms with Gasteiger partial charge in [-0.1, -0.05) is 17.3 Å². The maximum atomic E-state index is 12.1. The minimum Gasteiger partial charge on any atom is -0.364 e. The lowest BCUT2D eigenvalue weighted by Crippen LogP contribution is -2.32. The Kier molecular flexibility index (Phi) is 3.88. The summed E-state index contributed by atoms with van der Waals surface area (Å²) in [6, 6.07) is 9.40. The lowest BCUT2D eigenvalue weighted by molar-refractivity contribution is -0.117. The van der Waals surface area contributed by atoms with E-state index in [0.717, 1.165) is 16.7 Å². The van der Waals surface area contributed by atoms with Gasteiger partial charge in [0.1, 0.15) is 12.0 Å². The van der Waals surface area contributed by atoms with Crippen molar-refractivity contribution in [1.29, 1.82) is 0 Å². The highest BCUT2D eigenvalue weighted by Gasteiger charge is 2.17. The van der Waals surface area contributed by atoms with Crippen molar-refractivity contribution in [3.8, 4) is 0 Å². The van der Waals surface area contributed by atoms with E-state index < -0.39 is 0 Å². The first-order chi connectivity index (χ1) is 10.6. The molecule has 1 unspecified atom stereocenters. The highest BCUT2D eigenvalue weighted by Crippen LogP contribution is 2.16. The molecule has 1 amide bonds. The van der Waals surface area contributed by atoms with Crippen molar-refractivity contribution in [3.63, 3.8) is 0 Å². The zero-order valence-electron chi connectivity index (χ0n) is 12.4. The molecule has 0 saturated carbocycles. The Labute approximate surface area is 127 Å². The van der Waals surface area contributed by atoms with Crippen LogP contribution in [-0.2, 0) is 4.79 Å². The summed E-state index contributed by atoms with van der Waals surface area (Å²) in [7, 11) is 1.86. The second kappa shape index (κ2) is 5.98. The molecule has 22 heavy (non-hydrogen) atoms. The minimum absolute atomic E-state index is 0.0137. The van der Waals surface area contributed by atoms with Gasteiger partial charge in [-0.3, -0.25) is 15.0 Å². The Hall–Kier alpha value is -2.67. The van der Waals surface area contributed by atoms with Crippen LogP contribution >= 0.6 is 0 Å². The smallest absolute Gasteiger partial charge is 0.240 e. The number of likely N-dealkylation sites (N-methyl/N-ethyl adjacent to an activating group) is 1. The van der Waals surface area contributed by atoms with Crippen molar-refractivity contribution in [2.75, 3.05) is 18.9 Å². The SMILES string of the molecule is CC(c1ccon1)N(C)CC(=O)Nc1nc2ccccc2[nH]1. The molecule has 2 N–H and O–H groups in total. The third-order valence-electron chi connectivity index (χ3n) is 3.59. The van der Waals surface area contributed by atoms with Crippen LogP contribution in [-0.4, -0.2) is 39.5 Å². The molecule has 2 aromatic heterocycles. The van der Waals surface area contributed by atoms with E-state index in [4.69, 9.17) is 4.52 Å². The highest BCUT2D eigenvalue weighted by atomic mass is 16.5. The number of hydrogen-bond acceptors (Lipinski definition) is 5. The first kappa shape index (κ1) is 14.3. The van der Waals surface area contributed by atoms with Crippen LogP contribution in [0.1, 0.15) is 18.7 Å². The quantitative estimate of drug-likeness (QED) is 0.754. The van der Waals surface area contributed by atoms with Gasteiger partial charge in [0.2, 0.25) is 11.9 Å². The van der Waals surface area contributed by atoms with Gasteiger partial charge in [-0.25, -0.2) is 4.98 Å². The van der Waals surface area contributed by atoms with E-state index in [1.165, 1.54) is 6.26 Å². The molecular weight excluding hydrogens is 282 g/mol. The van der Waals surface area contributed by atoms with E-state index in [0.29, 0.717) is 5.95 Å². The molecule has 0 saturated heterocycles. The van der Waals surface area contributed by atoms with E-state index in [9.17, 15) is 4.79 Å². The number of carbonyl (C=O) groups is 1. The predicted molar refractivity (Wildman–Crippen MR) is 82.3 cm³/mol. The fourth-order valence-corrected chi connectivity index (χ4v) is 2.21. The van der Waals surface area contributed by atoms with Crippen LogP contribution in [0.4, 0.5) is 5.95 Å². The van der Waals surface area contributed by atoms with Crippen molar-refractivity contribution in [1.82, 2.24) is 20.0 Å². The predicted octanol–water partition coefficient (Wildman–Crippen LogP) is 2.18. The first-order valence-electron chi connectivity index (χ1n) is 6.98. The molecule has 0 fully saturated rings. The molecule has 0 aliphatic carbocycles. The molecule has 1 atom stereocenters. The number of amides is 1. The Morgan fingerprint density at radius 2 is 2.23 bits per heavy atom. The van der Waals surface area contributed by atoms with E-state index in [1.54, 1.807) is 6.07 Å². The molecule has 114 valence electrons. The average Bonchev–Trinajstić information content (AvgIpc) is 3.14. The van der Waals surface area contributed by atoms with Crippen molar-refractivity contribution in [2.45, 2.75) is 13.0 Å². The second-order valence-electron chi connectivity index (χ2n) is 5.17. The molecule has 7 nitrogen and oxygen atoms in total. The number of benzene rings is 1. The standard InChI is InChI=1S/C15H17N5O2/c1-10(11-7-8-22-19-11)20(2)9-14(21)18-15-16-12-5-3-4-6-13(12)17-15/h3-8,10H,9H2,1-2H3,(H2,16,17,18,21). The molecule has 3 aromatic rings. The van der Waals surface area contributed by atoms with Gasteiger partial charge in [0.25, 0.3) is 0 Å². The van der Waals surface area contributed by atoms with Gasteiger partial charge >= 0.3 is 0 Å². The first-order valence-corrected chi connectivity index (χ1v) is 6.98. The fraction of sp³-hybridized carbons (Fsp3) is 0.267. The van der Waals surface area contributed by atoms with Crippen molar-refractivity contribution < 1.29 is 9.32 Å². The van der Waals surface area contributed by atoms with E-state index in [1.807, 2.05) is 43.1 Å². The molecule has 0 aliphatic rings. The van der Waals surface area contributed by atoms with Crippen LogP contribution in [0.3, 0.4) is 0 Å². The molecule has 0 bridgehead atoms. The molecule has 0 radical (unpaired) electrons. The molecule has 1 aromatic carbocycles. The summed E-state index contributed by atoms with van der Waals surface area (Å²) >= 11 is 0. The average molecular weight is 299 g/mol. The molecule has 0 aliphatic heterocycles. The number of aromatic amines is 1. The summed E-state index contributed by atoms with van der Waals surface area (Å²) in [4.78, 5) is 21.4. The maximum Gasteiger partial charge on any atom is 0.240 e. The Bertz CT molecular complexity index is 732. The number of para-hydroxylation sites is 2. The largest absolute Gasteiger partial charge is 0.364 e. The summed E-state index contributed by atoms with van der Waals surface area (Å²) in [6.07, 6.45) is 1.52. The van der Waals surface area contributed by atoms with Crippen LogP contribution in [0.25, 0.3) is 11.0 Å². The van der Waals surface area contributed by atoms with E-state index in [-0.39, 0.29) is 18.5 Å². The number of imidazole rings is 1. The summed E-state index contributed by atoms with van der Waals surface area (Å²) in [6.45, 7) is 2.19. The molecular formula is C15H17N5O2. The monoisotopic (exact) mass is 299 g/mol. The highest BCUT2D eigenvalue weighted by molar-refractivity contribution is 5.92. The Balaban J connectivity index is 1.62. The van der Waals surface area contributed by atoms with Crippen molar-refractivity contribution in [2.24, 2.45) is 0 Å². The third kappa shape index (κ3) is 2.99. The van der Waals surface area contributed by atoms with Crippen LogP contribution < -0.4 is 5.32 Å². The number of aromatic nitrogens is 3. The number of rotatable bonds is 5. The third-order valence-corrected chi connectivity index (χ3v) is 3.59. The van der Waals surface area contributed by atoms with Gasteiger partial charge in [-0.2, -0.15) is 0 Å². The fourth-order valence-electron chi connectivity index (χ4n) is 2.21. The minimum atomic E-state index is -0.142. The van der Waals surface area contributed by atoms with Crippen molar-refractivity contribution in [3.05, 3.63) is 42.3 Å². The molecule has 0 spiro atoms. The Morgan fingerprint density at radius 1 is 1.41 bits per heavy atom. The van der Waals surface area contributed by atoms with Gasteiger partial charge in [-0.15, -0.1) is 0 Å². The van der Waals surface area contributed by atoms with Gasteiger partial charge in [0, 0.05) is 6.07 Å². The maximum absolute atomic E-state index is 12.1. The zero-order chi connectivity index (χ0) is 15.5. The normalized spacial score (nSPS) is 12.7. The van der Waals surface area contributed by atoms with Crippen LogP contribution in [0.5, 0.6) is 0 Å². The number of nitrogens with one attached hydrogen (secondary N) is 2. The summed E-state index contributed by atoms with van der Waals surface area (Å²) in [5.41, 5.74) is 2.50. The molecule has 2 heterocycles. The van der Waals surface area contributed by atoms with Crippen LogP contribution in [0, 0.1) is 0 Å². The number of nitrogens with zero attached hydrogens (tertiary/aromatic N) is 3. The summed E-state index contributed by atoms with van der Waals surface area (Å²) in [5, 5.41) is 6.66.